The molecule has 0 spiro atoms. The van der Waals surface area contributed by atoms with E-state index >= 15 is 0 Å². The smallest absolute Gasteiger partial charge is 0.222 e. The van der Waals surface area contributed by atoms with Crippen molar-refractivity contribution in [2.45, 2.75) is 71.3 Å². The summed E-state index contributed by atoms with van der Waals surface area (Å²) in [6.07, 6.45) is 9.83. The molecule has 2 unspecified atom stereocenters. The highest BCUT2D eigenvalue weighted by atomic mass is 16.2. The molecule has 1 N–H and O–H groups in total. The van der Waals surface area contributed by atoms with E-state index in [2.05, 4.69) is 24.1 Å². The molecule has 1 heterocycles. The summed E-state index contributed by atoms with van der Waals surface area (Å²) >= 11 is 0. The lowest BCUT2D eigenvalue weighted by molar-refractivity contribution is -0.128. The van der Waals surface area contributed by atoms with Crippen molar-refractivity contribution in [3.63, 3.8) is 0 Å². The molecule has 1 saturated heterocycles. The fourth-order valence-corrected chi connectivity index (χ4v) is 3.94. The summed E-state index contributed by atoms with van der Waals surface area (Å²) in [7, 11) is 0. The first-order chi connectivity index (χ1) is 9.74. The van der Waals surface area contributed by atoms with E-state index in [0.717, 1.165) is 32.0 Å². The van der Waals surface area contributed by atoms with Crippen LogP contribution in [0, 0.1) is 11.8 Å². The minimum atomic E-state index is 0.393. The van der Waals surface area contributed by atoms with Gasteiger partial charge < -0.3 is 10.2 Å². The van der Waals surface area contributed by atoms with Gasteiger partial charge in [0.25, 0.3) is 0 Å². The number of nitrogens with zero attached hydrogens (tertiary/aromatic N) is 1. The van der Waals surface area contributed by atoms with Crippen molar-refractivity contribution in [2.75, 3.05) is 19.6 Å². The average molecular weight is 280 g/mol. The molecule has 2 rings (SSSR count). The summed E-state index contributed by atoms with van der Waals surface area (Å²) in [4.78, 5) is 14.3. The summed E-state index contributed by atoms with van der Waals surface area (Å²) in [6.45, 7) is 7.48. The minimum absolute atomic E-state index is 0.393. The molecule has 0 radical (unpaired) electrons. The van der Waals surface area contributed by atoms with Crippen molar-refractivity contribution < 1.29 is 4.79 Å². The van der Waals surface area contributed by atoms with Crippen LogP contribution in [0.5, 0.6) is 0 Å². The molecule has 2 atom stereocenters. The van der Waals surface area contributed by atoms with Gasteiger partial charge in [0.2, 0.25) is 5.91 Å². The van der Waals surface area contributed by atoms with E-state index in [-0.39, 0.29) is 0 Å². The van der Waals surface area contributed by atoms with Crippen LogP contribution in [-0.4, -0.2) is 36.5 Å². The number of amides is 1. The molecule has 0 aromatic carbocycles. The number of hydrogen-bond acceptors (Lipinski definition) is 2. The zero-order valence-corrected chi connectivity index (χ0v) is 13.4. The van der Waals surface area contributed by atoms with Gasteiger partial charge in [0.15, 0.2) is 0 Å². The van der Waals surface area contributed by atoms with E-state index in [4.69, 9.17) is 0 Å². The Kier molecular flexibility index (Phi) is 6.34. The minimum Gasteiger partial charge on any atom is -0.341 e. The van der Waals surface area contributed by atoms with E-state index in [1.807, 2.05) is 0 Å². The first-order valence-corrected chi connectivity index (χ1v) is 8.75. The van der Waals surface area contributed by atoms with E-state index in [1.54, 1.807) is 0 Å². The molecule has 20 heavy (non-hydrogen) atoms. The largest absolute Gasteiger partial charge is 0.341 e. The van der Waals surface area contributed by atoms with Crippen LogP contribution in [0.2, 0.25) is 0 Å². The third kappa shape index (κ3) is 4.21. The summed E-state index contributed by atoms with van der Waals surface area (Å²) in [6, 6.07) is 0.529. The van der Waals surface area contributed by atoms with Crippen LogP contribution in [0.1, 0.15) is 65.2 Å². The molecule has 0 aromatic heterocycles. The Morgan fingerprint density at radius 2 is 2.00 bits per heavy atom. The SMILES string of the molecule is CCCNC(CN1CC(CCC)CC1=O)C1CCCC1. The predicted octanol–water partition coefficient (Wildman–Crippen LogP) is 3.19. The highest BCUT2D eigenvalue weighted by Crippen LogP contribution is 2.30. The van der Waals surface area contributed by atoms with Gasteiger partial charge in [-0.3, -0.25) is 4.79 Å². The van der Waals surface area contributed by atoms with Gasteiger partial charge >= 0.3 is 0 Å². The number of carbonyl (C=O) groups excluding carboxylic acids is 1. The molecular weight excluding hydrogens is 248 g/mol. The monoisotopic (exact) mass is 280 g/mol. The maximum absolute atomic E-state index is 12.2. The topological polar surface area (TPSA) is 32.3 Å². The van der Waals surface area contributed by atoms with Crippen LogP contribution in [0.4, 0.5) is 0 Å². The number of rotatable bonds is 8. The van der Waals surface area contributed by atoms with Crippen molar-refractivity contribution in [3.05, 3.63) is 0 Å². The number of hydrogen-bond donors (Lipinski definition) is 1. The number of nitrogens with one attached hydrogen (secondary N) is 1. The van der Waals surface area contributed by atoms with E-state index in [9.17, 15) is 4.79 Å². The molecule has 116 valence electrons. The maximum atomic E-state index is 12.2. The number of likely N-dealkylation sites (tertiary alicyclic amines) is 1. The Labute approximate surface area is 124 Å². The first-order valence-electron chi connectivity index (χ1n) is 8.75. The lowest BCUT2D eigenvalue weighted by Crippen LogP contribution is -2.46. The second-order valence-corrected chi connectivity index (χ2v) is 6.76. The second kappa shape index (κ2) is 8.02. The second-order valence-electron chi connectivity index (χ2n) is 6.76. The highest BCUT2D eigenvalue weighted by Gasteiger charge is 2.33. The van der Waals surface area contributed by atoms with Crippen LogP contribution in [0.3, 0.4) is 0 Å². The van der Waals surface area contributed by atoms with Gasteiger partial charge in [-0.15, -0.1) is 0 Å². The summed E-state index contributed by atoms with van der Waals surface area (Å²) in [5.41, 5.74) is 0. The maximum Gasteiger partial charge on any atom is 0.222 e. The summed E-state index contributed by atoms with van der Waals surface area (Å²) in [5.74, 6) is 1.80. The third-order valence-corrected chi connectivity index (χ3v) is 5.03. The molecule has 0 aromatic rings. The summed E-state index contributed by atoms with van der Waals surface area (Å²) < 4.78 is 0. The number of carbonyl (C=O) groups is 1. The van der Waals surface area contributed by atoms with Crippen LogP contribution in [0.15, 0.2) is 0 Å². The van der Waals surface area contributed by atoms with Crippen LogP contribution in [0.25, 0.3) is 0 Å². The van der Waals surface area contributed by atoms with Gasteiger partial charge in [-0.25, -0.2) is 0 Å². The highest BCUT2D eigenvalue weighted by molar-refractivity contribution is 5.78. The normalized spacial score (nSPS) is 25.6. The molecule has 3 nitrogen and oxygen atoms in total. The zero-order chi connectivity index (χ0) is 14.4. The average Bonchev–Trinajstić information content (AvgIpc) is 3.05. The van der Waals surface area contributed by atoms with Gasteiger partial charge in [-0.2, -0.15) is 0 Å². The van der Waals surface area contributed by atoms with E-state index < -0.39 is 0 Å². The Hall–Kier alpha value is -0.570. The standard InChI is InChI=1S/C17H32N2O/c1-3-7-14-11-17(20)19(12-14)13-16(18-10-4-2)15-8-5-6-9-15/h14-16,18H,3-13H2,1-2H3. The Bertz CT molecular complexity index is 299. The van der Waals surface area contributed by atoms with Crippen molar-refractivity contribution in [1.82, 2.24) is 10.2 Å². The molecule has 1 saturated carbocycles. The molecule has 2 fully saturated rings. The fraction of sp³-hybridized carbons (Fsp3) is 0.941. The molecule has 1 amide bonds. The van der Waals surface area contributed by atoms with Gasteiger partial charge in [-0.1, -0.05) is 33.1 Å². The molecule has 1 aliphatic heterocycles. The molecular formula is C17H32N2O. The van der Waals surface area contributed by atoms with Crippen molar-refractivity contribution in [3.8, 4) is 0 Å². The van der Waals surface area contributed by atoms with Crippen molar-refractivity contribution >= 4 is 5.91 Å². The Balaban J connectivity index is 1.87. The van der Waals surface area contributed by atoms with Crippen LogP contribution in [-0.2, 0) is 4.79 Å². The van der Waals surface area contributed by atoms with Crippen molar-refractivity contribution in [1.29, 1.82) is 0 Å². The molecule has 0 bridgehead atoms. The van der Waals surface area contributed by atoms with Gasteiger partial charge in [0, 0.05) is 25.6 Å². The quantitative estimate of drug-likeness (QED) is 0.740. The summed E-state index contributed by atoms with van der Waals surface area (Å²) in [5, 5.41) is 3.71. The van der Waals surface area contributed by atoms with Gasteiger partial charge in [0.1, 0.15) is 0 Å². The van der Waals surface area contributed by atoms with E-state index in [0.29, 0.717) is 17.9 Å². The fourth-order valence-electron chi connectivity index (χ4n) is 3.94. The predicted molar refractivity (Wildman–Crippen MR) is 83.6 cm³/mol. The zero-order valence-electron chi connectivity index (χ0n) is 13.4. The Morgan fingerprint density at radius 3 is 2.65 bits per heavy atom. The van der Waals surface area contributed by atoms with Crippen LogP contribution >= 0.6 is 0 Å². The molecule has 2 aliphatic rings. The van der Waals surface area contributed by atoms with Crippen molar-refractivity contribution in [2.24, 2.45) is 11.8 Å². The third-order valence-electron chi connectivity index (χ3n) is 5.03. The van der Waals surface area contributed by atoms with Gasteiger partial charge in [0.05, 0.1) is 0 Å². The lowest BCUT2D eigenvalue weighted by atomic mass is 9.97. The molecule has 1 aliphatic carbocycles. The Morgan fingerprint density at radius 1 is 1.25 bits per heavy atom. The van der Waals surface area contributed by atoms with Crippen LogP contribution < -0.4 is 5.32 Å². The van der Waals surface area contributed by atoms with E-state index in [1.165, 1.54) is 44.9 Å². The lowest BCUT2D eigenvalue weighted by Gasteiger charge is -2.29. The first kappa shape index (κ1) is 15.8. The van der Waals surface area contributed by atoms with Gasteiger partial charge in [-0.05, 0) is 44.1 Å². The molecule has 3 heteroatoms.